The number of rotatable bonds is 2. The summed E-state index contributed by atoms with van der Waals surface area (Å²) in [5.41, 5.74) is 3.15. The topological polar surface area (TPSA) is 140 Å². The van der Waals surface area contributed by atoms with E-state index in [-0.39, 0.29) is 25.1 Å². The van der Waals surface area contributed by atoms with E-state index in [1.807, 2.05) is 0 Å². The number of aromatic nitrogens is 2. The highest BCUT2D eigenvalue weighted by Gasteiger charge is 2.81. The zero-order valence-electron chi connectivity index (χ0n) is 12.0. The number of aromatic amines is 1. The van der Waals surface area contributed by atoms with Crippen molar-refractivity contribution in [3.63, 3.8) is 0 Å². The fraction of sp³-hybridized carbons (Fsp3) is 0.571. The van der Waals surface area contributed by atoms with Gasteiger partial charge < -0.3 is 25.4 Å². The first-order valence-corrected chi connectivity index (χ1v) is 7.17. The highest BCUT2D eigenvalue weighted by atomic mass is 16.7. The zero-order chi connectivity index (χ0) is 16.4. The lowest BCUT2D eigenvalue weighted by Crippen LogP contribution is -2.77. The summed E-state index contributed by atoms with van der Waals surface area (Å²) in [4.78, 5) is 26.0. The van der Waals surface area contributed by atoms with Crippen LogP contribution >= 0.6 is 0 Å². The summed E-state index contributed by atoms with van der Waals surface area (Å²) in [6, 6.07) is 0. The summed E-state index contributed by atoms with van der Waals surface area (Å²) in [6.07, 6.45) is 0.00878. The lowest BCUT2D eigenvalue weighted by molar-refractivity contribution is -0.434. The molecule has 4 rings (SSSR count). The van der Waals surface area contributed by atoms with Crippen LogP contribution in [-0.4, -0.2) is 50.4 Å². The molecule has 2 aliphatic heterocycles. The van der Waals surface area contributed by atoms with Crippen molar-refractivity contribution in [1.82, 2.24) is 9.55 Å². The third kappa shape index (κ3) is 1.75. The van der Waals surface area contributed by atoms with Crippen LogP contribution in [0.5, 0.6) is 0 Å². The molecule has 1 saturated carbocycles. The molecule has 1 aromatic heterocycles. The quantitative estimate of drug-likeness (QED) is 0.432. The highest BCUT2D eigenvalue weighted by molar-refractivity contribution is 5.30. The van der Waals surface area contributed by atoms with E-state index in [1.54, 1.807) is 0 Å². The van der Waals surface area contributed by atoms with Crippen molar-refractivity contribution in [2.45, 2.75) is 30.1 Å². The van der Waals surface area contributed by atoms with Crippen molar-refractivity contribution in [3.8, 4) is 11.8 Å². The summed E-state index contributed by atoms with van der Waals surface area (Å²) >= 11 is 0. The van der Waals surface area contributed by atoms with Crippen LogP contribution < -0.4 is 17.0 Å². The highest BCUT2D eigenvalue weighted by Crippen LogP contribution is 2.67. The number of hydrogen-bond donors (Lipinski definition) is 4. The molecule has 1 aromatic rings. The van der Waals surface area contributed by atoms with Gasteiger partial charge in [0.05, 0.1) is 19.1 Å². The molecule has 9 nitrogen and oxygen atoms in total. The lowest BCUT2D eigenvalue weighted by Gasteiger charge is -2.62. The Kier molecular flexibility index (Phi) is 2.88. The maximum atomic E-state index is 12.1. The molecule has 5 N–H and O–H groups in total. The minimum atomic E-state index is -1.30. The Morgan fingerprint density at radius 3 is 2.87 bits per heavy atom. The van der Waals surface area contributed by atoms with Crippen LogP contribution in [0.4, 0.5) is 0 Å². The Morgan fingerprint density at radius 1 is 1.48 bits per heavy atom. The first-order chi connectivity index (χ1) is 10.9. The van der Waals surface area contributed by atoms with Gasteiger partial charge in [0.1, 0.15) is 17.3 Å². The van der Waals surface area contributed by atoms with Crippen LogP contribution in [0, 0.1) is 17.8 Å². The van der Waals surface area contributed by atoms with Crippen molar-refractivity contribution < 1.29 is 19.7 Å². The molecule has 3 aliphatic rings. The van der Waals surface area contributed by atoms with Crippen molar-refractivity contribution >= 4 is 0 Å². The Balaban J connectivity index is 1.75. The standard InChI is InChI=1S/C14H15N3O6/c15-3-1-2-7-4-17(12(20)16-10(7)19)11-8-9-13(6-18,23-11)5-14(9,21)22-8/h4,8-9,11,18,21H,3,5-6,15H2,(H,16,19,20). The third-order valence-electron chi connectivity index (χ3n) is 4.75. The zero-order valence-corrected chi connectivity index (χ0v) is 12.0. The van der Waals surface area contributed by atoms with Gasteiger partial charge in [-0.2, -0.15) is 0 Å². The average molecular weight is 321 g/mol. The molecular formula is C14H15N3O6. The summed E-state index contributed by atoms with van der Waals surface area (Å²) in [6.45, 7) is -0.207. The molecule has 5 atom stereocenters. The van der Waals surface area contributed by atoms with Gasteiger partial charge in [0.15, 0.2) is 12.0 Å². The number of aliphatic hydroxyl groups excluding tert-OH is 1. The second-order valence-electron chi connectivity index (χ2n) is 6.03. The molecule has 0 bridgehead atoms. The largest absolute Gasteiger partial charge is 0.393 e. The van der Waals surface area contributed by atoms with Gasteiger partial charge in [0.2, 0.25) is 0 Å². The van der Waals surface area contributed by atoms with E-state index >= 15 is 0 Å². The first kappa shape index (κ1) is 14.6. The Morgan fingerprint density at radius 2 is 2.26 bits per heavy atom. The molecule has 122 valence electrons. The number of ether oxygens (including phenoxy) is 2. The molecule has 2 saturated heterocycles. The number of nitrogens with zero attached hydrogens (tertiary/aromatic N) is 1. The van der Waals surface area contributed by atoms with Gasteiger partial charge in [-0.3, -0.25) is 14.3 Å². The lowest BCUT2D eigenvalue weighted by atomic mass is 9.59. The average Bonchev–Trinajstić information content (AvgIpc) is 2.62. The minimum absolute atomic E-state index is 0.0746. The van der Waals surface area contributed by atoms with Crippen LogP contribution in [0.1, 0.15) is 18.2 Å². The third-order valence-corrected chi connectivity index (χ3v) is 4.75. The maximum Gasteiger partial charge on any atom is 0.330 e. The van der Waals surface area contributed by atoms with Crippen LogP contribution in [0.25, 0.3) is 0 Å². The number of H-pyrrole nitrogens is 1. The predicted octanol–water partition coefficient (Wildman–Crippen LogP) is -2.79. The number of aliphatic hydroxyl groups is 2. The fourth-order valence-electron chi connectivity index (χ4n) is 3.79. The number of hydrogen-bond acceptors (Lipinski definition) is 7. The van der Waals surface area contributed by atoms with Crippen molar-refractivity contribution in [1.29, 1.82) is 0 Å². The molecule has 23 heavy (non-hydrogen) atoms. The van der Waals surface area contributed by atoms with E-state index in [2.05, 4.69) is 16.8 Å². The van der Waals surface area contributed by atoms with Gasteiger partial charge in [0, 0.05) is 12.6 Å². The summed E-state index contributed by atoms with van der Waals surface area (Å²) in [5, 5.41) is 19.7. The van der Waals surface area contributed by atoms with Gasteiger partial charge in [-0.1, -0.05) is 11.8 Å². The second kappa shape index (κ2) is 4.53. The number of nitrogens with two attached hydrogens (primary N) is 1. The molecular weight excluding hydrogens is 306 g/mol. The van der Waals surface area contributed by atoms with Crippen molar-refractivity contribution in [2.75, 3.05) is 13.2 Å². The molecule has 0 aromatic carbocycles. The fourth-order valence-corrected chi connectivity index (χ4v) is 3.79. The molecule has 3 fully saturated rings. The van der Waals surface area contributed by atoms with Gasteiger partial charge in [0.25, 0.3) is 5.56 Å². The van der Waals surface area contributed by atoms with E-state index in [0.29, 0.717) is 0 Å². The smallest absolute Gasteiger partial charge is 0.330 e. The molecule has 1 aliphatic carbocycles. The normalized spacial score (nSPS) is 39.7. The summed E-state index contributed by atoms with van der Waals surface area (Å²) in [7, 11) is 0. The molecule has 3 heterocycles. The number of nitrogens with one attached hydrogen (secondary N) is 1. The molecule has 0 radical (unpaired) electrons. The predicted molar refractivity (Wildman–Crippen MR) is 75.1 cm³/mol. The maximum absolute atomic E-state index is 12.1. The first-order valence-electron chi connectivity index (χ1n) is 7.17. The van der Waals surface area contributed by atoms with E-state index in [4.69, 9.17) is 15.2 Å². The monoisotopic (exact) mass is 321 g/mol. The van der Waals surface area contributed by atoms with Crippen molar-refractivity contribution in [2.24, 2.45) is 11.7 Å². The molecule has 0 amide bonds. The SMILES string of the molecule is NCC#Cc1cn(C2OC3(CO)CC4(O)OC2C43)c(=O)[nH]c1=O. The van der Waals surface area contributed by atoms with E-state index in [9.17, 15) is 19.8 Å². The van der Waals surface area contributed by atoms with Gasteiger partial charge in [-0.05, 0) is 0 Å². The van der Waals surface area contributed by atoms with E-state index in [0.717, 1.165) is 0 Å². The van der Waals surface area contributed by atoms with Gasteiger partial charge >= 0.3 is 5.69 Å². The minimum Gasteiger partial charge on any atom is -0.393 e. The second-order valence-corrected chi connectivity index (χ2v) is 6.03. The van der Waals surface area contributed by atoms with Crippen LogP contribution in [-0.2, 0) is 9.47 Å². The Bertz CT molecular complexity index is 851. The Labute approximate surface area is 129 Å². The van der Waals surface area contributed by atoms with E-state index in [1.165, 1.54) is 10.8 Å². The Hall–Kier alpha value is -1.96. The van der Waals surface area contributed by atoms with Crippen LogP contribution in [0.2, 0.25) is 0 Å². The molecule has 9 heteroatoms. The van der Waals surface area contributed by atoms with Gasteiger partial charge in [-0.15, -0.1) is 0 Å². The van der Waals surface area contributed by atoms with Crippen LogP contribution in [0.3, 0.4) is 0 Å². The van der Waals surface area contributed by atoms with E-state index < -0.39 is 40.9 Å². The van der Waals surface area contributed by atoms with Gasteiger partial charge in [-0.25, -0.2) is 4.79 Å². The summed E-state index contributed by atoms with van der Waals surface area (Å²) in [5.74, 6) is 3.44. The van der Waals surface area contributed by atoms with Crippen molar-refractivity contribution in [3.05, 3.63) is 32.6 Å². The molecule has 0 spiro atoms. The summed E-state index contributed by atoms with van der Waals surface area (Å²) < 4.78 is 12.4. The molecule has 5 unspecified atom stereocenters. The van der Waals surface area contributed by atoms with Crippen LogP contribution in [0.15, 0.2) is 15.8 Å².